The summed E-state index contributed by atoms with van der Waals surface area (Å²) in [5, 5.41) is 3.90. The number of rotatable bonds is 11. The van der Waals surface area contributed by atoms with E-state index < -0.39 is 0 Å². The molecule has 1 amide bonds. The van der Waals surface area contributed by atoms with Crippen LogP contribution in [0.1, 0.15) is 24.0 Å². The molecular weight excluding hydrogens is 451 g/mol. The van der Waals surface area contributed by atoms with E-state index in [2.05, 4.69) is 10.3 Å². The number of carbonyl (C=O) groups is 1. The second kappa shape index (κ2) is 12.2. The third-order valence-electron chi connectivity index (χ3n) is 4.56. The Morgan fingerprint density at radius 3 is 2.47 bits per heavy atom. The van der Waals surface area contributed by atoms with Gasteiger partial charge >= 0.3 is 0 Å². The molecule has 0 aliphatic rings. The molecule has 0 unspecified atom stereocenters. The molecule has 2 aromatic carbocycles. The van der Waals surface area contributed by atoms with E-state index >= 15 is 0 Å². The summed E-state index contributed by atoms with van der Waals surface area (Å²) in [6, 6.07) is 14.4. The Kier molecular flexibility index (Phi) is 9.01. The maximum Gasteiger partial charge on any atom is 0.220 e. The SMILES string of the molecule is COc1cc(CNC(=O)CCCOc2ccc(Cl)cc2Cl)ccc1OCc1ccncc1. The van der Waals surface area contributed by atoms with Gasteiger partial charge in [-0.1, -0.05) is 29.3 Å². The van der Waals surface area contributed by atoms with Gasteiger partial charge in [0.05, 0.1) is 18.7 Å². The Balaban J connectivity index is 1.41. The van der Waals surface area contributed by atoms with Crippen LogP contribution in [-0.2, 0) is 17.9 Å². The standard InChI is InChI=1S/C24H24Cl2N2O4/c1-30-23-13-18(4-6-22(23)32-16-17-8-10-27-11-9-17)15-28-24(29)3-2-12-31-21-7-5-19(25)14-20(21)26/h4-11,13-14H,2-3,12,15-16H2,1H3,(H,28,29). The summed E-state index contributed by atoms with van der Waals surface area (Å²) in [5.74, 6) is 1.74. The molecule has 0 spiro atoms. The maximum atomic E-state index is 12.1. The molecule has 0 aliphatic heterocycles. The molecule has 0 saturated heterocycles. The third kappa shape index (κ3) is 7.32. The van der Waals surface area contributed by atoms with E-state index in [0.29, 0.717) is 59.9 Å². The lowest BCUT2D eigenvalue weighted by Gasteiger charge is -2.13. The molecule has 3 aromatic rings. The number of hydrogen-bond acceptors (Lipinski definition) is 5. The van der Waals surface area contributed by atoms with Crippen molar-refractivity contribution in [3.05, 3.63) is 82.1 Å². The van der Waals surface area contributed by atoms with Crippen LogP contribution in [0.15, 0.2) is 60.9 Å². The Morgan fingerprint density at radius 2 is 1.72 bits per heavy atom. The summed E-state index contributed by atoms with van der Waals surface area (Å²) in [6.07, 6.45) is 4.35. The molecule has 1 N–H and O–H groups in total. The van der Waals surface area contributed by atoms with Gasteiger partial charge in [0.15, 0.2) is 11.5 Å². The summed E-state index contributed by atoms with van der Waals surface area (Å²) in [5.41, 5.74) is 1.93. The van der Waals surface area contributed by atoms with Gasteiger partial charge in [-0.3, -0.25) is 9.78 Å². The summed E-state index contributed by atoms with van der Waals surface area (Å²) in [7, 11) is 1.59. The maximum absolute atomic E-state index is 12.1. The highest BCUT2D eigenvalue weighted by Crippen LogP contribution is 2.29. The molecular formula is C24H24Cl2N2O4. The van der Waals surface area contributed by atoms with Gasteiger partial charge in [0.2, 0.25) is 5.91 Å². The van der Waals surface area contributed by atoms with Crippen LogP contribution < -0.4 is 19.5 Å². The fourth-order valence-corrected chi connectivity index (χ4v) is 3.34. The van der Waals surface area contributed by atoms with Crippen LogP contribution in [0.25, 0.3) is 0 Å². The molecule has 0 radical (unpaired) electrons. The summed E-state index contributed by atoms with van der Waals surface area (Å²) < 4.78 is 16.9. The monoisotopic (exact) mass is 474 g/mol. The third-order valence-corrected chi connectivity index (χ3v) is 5.09. The molecule has 0 atom stereocenters. The summed E-state index contributed by atoms with van der Waals surface area (Å²) >= 11 is 11.9. The molecule has 1 heterocycles. The number of nitrogens with one attached hydrogen (secondary N) is 1. The number of pyridine rings is 1. The van der Waals surface area contributed by atoms with Gasteiger partial charge in [-0.05, 0) is 60.0 Å². The molecule has 0 fully saturated rings. The van der Waals surface area contributed by atoms with Crippen LogP contribution in [0.3, 0.4) is 0 Å². The van der Waals surface area contributed by atoms with Gasteiger partial charge < -0.3 is 19.5 Å². The minimum Gasteiger partial charge on any atom is -0.493 e. The van der Waals surface area contributed by atoms with Gasteiger partial charge in [0.1, 0.15) is 12.4 Å². The second-order valence-electron chi connectivity index (χ2n) is 6.93. The number of halogens is 2. The highest BCUT2D eigenvalue weighted by atomic mass is 35.5. The lowest BCUT2D eigenvalue weighted by atomic mass is 10.2. The van der Waals surface area contributed by atoms with E-state index in [1.165, 1.54) is 0 Å². The van der Waals surface area contributed by atoms with Crippen LogP contribution in [-0.4, -0.2) is 24.6 Å². The van der Waals surface area contributed by atoms with E-state index in [9.17, 15) is 4.79 Å². The van der Waals surface area contributed by atoms with Crippen molar-refractivity contribution in [1.29, 1.82) is 0 Å². The Labute approximate surface area is 197 Å². The number of nitrogens with zero attached hydrogens (tertiary/aromatic N) is 1. The van der Waals surface area contributed by atoms with Crippen molar-refractivity contribution in [2.24, 2.45) is 0 Å². The molecule has 168 valence electrons. The predicted octanol–water partition coefficient (Wildman–Crippen LogP) is 5.45. The molecule has 6 nitrogen and oxygen atoms in total. The van der Waals surface area contributed by atoms with Gasteiger partial charge in [-0.2, -0.15) is 0 Å². The zero-order chi connectivity index (χ0) is 22.8. The Hall–Kier alpha value is -2.96. The highest BCUT2D eigenvalue weighted by molar-refractivity contribution is 6.35. The molecule has 32 heavy (non-hydrogen) atoms. The van der Waals surface area contributed by atoms with Crippen molar-refractivity contribution in [2.75, 3.05) is 13.7 Å². The number of methoxy groups -OCH3 is 1. The quantitative estimate of drug-likeness (QED) is 0.374. The van der Waals surface area contributed by atoms with Crippen molar-refractivity contribution >= 4 is 29.1 Å². The number of benzene rings is 2. The lowest BCUT2D eigenvalue weighted by Crippen LogP contribution is -2.23. The largest absolute Gasteiger partial charge is 0.493 e. The van der Waals surface area contributed by atoms with Gasteiger partial charge in [0, 0.05) is 30.4 Å². The van der Waals surface area contributed by atoms with E-state index in [4.69, 9.17) is 37.4 Å². The van der Waals surface area contributed by atoms with E-state index in [0.717, 1.165) is 11.1 Å². The minimum absolute atomic E-state index is 0.0622. The van der Waals surface area contributed by atoms with Crippen molar-refractivity contribution in [2.45, 2.75) is 26.0 Å². The molecule has 1 aromatic heterocycles. The minimum atomic E-state index is -0.0622. The summed E-state index contributed by atoms with van der Waals surface area (Å²) in [4.78, 5) is 16.1. The topological polar surface area (TPSA) is 69.7 Å². The first-order valence-electron chi connectivity index (χ1n) is 10.1. The van der Waals surface area contributed by atoms with Crippen LogP contribution in [0.4, 0.5) is 0 Å². The zero-order valence-electron chi connectivity index (χ0n) is 17.6. The number of amides is 1. The molecule has 3 rings (SSSR count). The van der Waals surface area contributed by atoms with Crippen molar-refractivity contribution in [3.63, 3.8) is 0 Å². The van der Waals surface area contributed by atoms with Gasteiger partial charge in [-0.25, -0.2) is 0 Å². The van der Waals surface area contributed by atoms with Crippen LogP contribution in [0, 0.1) is 0 Å². The molecule has 0 saturated carbocycles. The highest BCUT2D eigenvalue weighted by Gasteiger charge is 2.08. The van der Waals surface area contributed by atoms with Gasteiger partial charge in [0.25, 0.3) is 0 Å². The van der Waals surface area contributed by atoms with Gasteiger partial charge in [-0.15, -0.1) is 0 Å². The van der Waals surface area contributed by atoms with Crippen LogP contribution in [0.2, 0.25) is 10.0 Å². The average Bonchev–Trinajstić information content (AvgIpc) is 2.81. The Morgan fingerprint density at radius 1 is 0.938 bits per heavy atom. The summed E-state index contributed by atoms with van der Waals surface area (Å²) in [6.45, 7) is 1.19. The first-order chi connectivity index (χ1) is 15.5. The van der Waals surface area contributed by atoms with Crippen molar-refractivity contribution in [1.82, 2.24) is 10.3 Å². The van der Waals surface area contributed by atoms with Crippen molar-refractivity contribution < 1.29 is 19.0 Å². The first-order valence-corrected chi connectivity index (χ1v) is 10.8. The van der Waals surface area contributed by atoms with Crippen molar-refractivity contribution in [3.8, 4) is 17.2 Å². The zero-order valence-corrected chi connectivity index (χ0v) is 19.2. The normalized spacial score (nSPS) is 10.5. The molecule has 0 bridgehead atoms. The number of ether oxygens (including phenoxy) is 3. The van der Waals surface area contributed by atoms with E-state index in [1.807, 2.05) is 30.3 Å². The predicted molar refractivity (Wildman–Crippen MR) is 125 cm³/mol. The number of hydrogen-bond donors (Lipinski definition) is 1. The second-order valence-corrected chi connectivity index (χ2v) is 7.78. The fraction of sp³-hybridized carbons (Fsp3) is 0.250. The van der Waals surface area contributed by atoms with E-state index in [1.54, 1.807) is 37.7 Å². The first kappa shape index (κ1) is 23.7. The van der Waals surface area contributed by atoms with Crippen LogP contribution >= 0.6 is 23.2 Å². The van der Waals surface area contributed by atoms with Crippen LogP contribution in [0.5, 0.6) is 17.2 Å². The fourth-order valence-electron chi connectivity index (χ4n) is 2.88. The van der Waals surface area contributed by atoms with E-state index in [-0.39, 0.29) is 5.91 Å². The number of aromatic nitrogens is 1. The molecule has 8 heteroatoms. The lowest BCUT2D eigenvalue weighted by molar-refractivity contribution is -0.121. The molecule has 0 aliphatic carbocycles. The smallest absolute Gasteiger partial charge is 0.220 e. The number of carbonyl (C=O) groups excluding carboxylic acids is 1. The Bertz CT molecular complexity index is 1030. The average molecular weight is 475 g/mol.